The van der Waals surface area contributed by atoms with Gasteiger partial charge in [0.15, 0.2) is 6.61 Å². The maximum Gasteiger partial charge on any atom is 0.260 e. The number of nitrogens with zero attached hydrogens (tertiary/aromatic N) is 1. The Morgan fingerprint density at radius 1 is 1.37 bits per heavy atom. The van der Waals surface area contributed by atoms with E-state index in [4.69, 9.17) is 10.5 Å². The molecule has 1 fully saturated rings. The number of carbonyl (C=O) groups excluding carboxylic acids is 1. The Morgan fingerprint density at radius 2 is 2.05 bits per heavy atom. The summed E-state index contributed by atoms with van der Waals surface area (Å²) in [6.45, 7) is 6.14. The first-order valence-electron chi connectivity index (χ1n) is 6.80. The molecule has 2 N–H and O–H groups in total. The fraction of sp³-hybridized carbons (Fsp3) is 0.533. The van der Waals surface area contributed by atoms with Crippen LogP contribution in [0.15, 0.2) is 24.3 Å². The number of ether oxygens (including phenoxy) is 1. The molecular formula is C15H22N2O2. The predicted molar refractivity (Wildman–Crippen MR) is 75.9 cm³/mol. The smallest absolute Gasteiger partial charge is 0.260 e. The summed E-state index contributed by atoms with van der Waals surface area (Å²) in [4.78, 5) is 14.0. The molecule has 4 nitrogen and oxygen atoms in total. The highest BCUT2D eigenvalue weighted by molar-refractivity contribution is 5.78. The monoisotopic (exact) mass is 262 g/mol. The van der Waals surface area contributed by atoms with E-state index in [9.17, 15) is 4.79 Å². The lowest BCUT2D eigenvalue weighted by molar-refractivity contribution is -0.136. The molecule has 0 unspecified atom stereocenters. The molecule has 4 heteroatoms. The predicted octanol–water partition coefficient (Wildman–Crippen LogP) is 2.15. The Morgan fingerprint density at radius 3 is 2.68 bits per heavy atom. The van der Waals surface area contributed by atoms with Crippen LogP contribution in [0.5, 0.6) is 5.75 Å². The topological polar surface area (TPSA) is 55.6 Å². The van der Waals surface area contributed by atoms with Gasteiger partial charge in [-0.3, -0.25) is 4.79 Å². The number of hydrogen-bond acceptors (Lipinski definition) is 3. The molecule has 19 heavy (non-hydrogen) atoms. The van der Waals surface area contributed by atoms with E-state index in [0.717, 1.165) is 13.1 Å². The normalized spacial score (nSPS) is 23.2. The van der Waals surface area contributed by atoms with Gasteiger partial charge < -0.3 is 15.4 Å². The van der Waals surface area contributed by atoms with Gasteiger partial charge in [0.25, 0.3) is 5.91 Å². The van der Waals surface area contributed by atoms with E-state index in [1.807, 2.05) is 17.0 Å². The van der Waals surface area contributed by atoms with E-state index in [0.29, 0.717) is 23.3 Å². The summed E-state index contributed by atoms with van der Waals surface area (Å²) >= 11 is 0. The minimum Gasteiger partial charge on any atom is -0.484 e. The lowest BCUT2D eigenvalue weighted by atomic mass is 9.92. The molecule has 1 aliphatic rings. The third-order valence-corrected chi connectivity index (χ3v) is 3.44. The molecule has 1 amide bonds. The molecule has 1 aliphatic heterocycles. The third-order valence-electron chi connectivity index (χ3n) is 3.44. The van der Waals surface area contributed by atoms with Gasteiger partial charge >= 0.3 is 0 Å². The van der Waals surface area contributed by atoms with Crippen LogP contribution in [0.25, 0.3) is 0 Å². The van der Waals surface area contributed by atoms with Crippen LogP contribution in [-0.2, 0) is 4.79 Å². The first-order valence-corrected chi connectivity index (χ1v) is 6.80. The number of amides is 1. The van der Waals surface area contributed by atoms with Crippen molar-refractivity contribution in [1.29, 1.82) is 0 Å². The Labute approximate surface area is 114 Å². The van der Waals surface area contributed by atoms with Crippen molar-refractivity contribution < 1.29 is 9.53 Å². The number of nitrogens with two attached hydrogens (primary N) is 1. The van der Waals surface area contributed by atoms with Crippen molar-refractivity contribution >= 4 is 11.6 Å². The molecule has 0 saturated carbocycles. The van der Waals surface area contributed by atoms with E-state index < -0.39 is 0 Å². The van der Waals surface area contributed by atoms with E-state index in [1.54, 1.807) is 12.1 Å². The highest BCUT2D eigenvalue weighted by atomic mass is 16.5. The van der Waals surface area contributed by atoms with Crippen LogP contribution in [0.2, 0.25) is 0 Å². The maximum atomic E-state index is 12.1. The fourth-order valence-corrected chi connectivity index (χ4v) is 2.71. The van der Waals surface area contributed by atoms with E-state index in [-0.39, 0.29) is 12.5 Å². The molecule has 0 aromatic heterocycles. The highest BCUT2D eigenvalue weighted by Crippen LogP contribution is 2.21. The zero-order chi connectivity index (χ0) is 13.8. The number of rotatable bonds is 3. The number of hydrogen-bond donors (Lipinski definition) is 1. The SMILES string of the molecule is C[C@@H]1C[C@@H](C)CN(C(=O)COc2cccc(N)c2)C1. The van der Waals surface area contributed by atoms with E-state index >= 15 is 0 Å². The van der Waals surface area contributed by atoms with Crippen molar-refractivity contribution in [2.45, 2.75) is 20.3 Å². The Kier molecular flexibility index (Phi) is 4.30. The largest absolute Gasteiger partial charge is 0.484 e. The number of carbonyl (C=O) groups is 1. The lowest BCUT2D eigenvalue weighted by Crippen LogP contribution is -2.44. The van der Waals surface area contributed by atoms with Gasteiger partial charge in [-0.2, -0.15) is 0 Å². The summed E-state index contributed by atoms with van der Waals surface area (Å²) in [5.41, 5.74) is 6.31. The standard InChI is InChI=1S/C15H22N2O2/c1-11-6-12(2)9-17(8-11)15(18)10-19-14-5-3-4-13(16)7-14/h3-5,7,11-12H,6,8-10,16H2,1-2H3/t11-,12-/m1/s1. The quantitative estimate of drug-likeness (QED) is 0.849. The number of piperidine rings is 1. The van der Waals surface area contributed by atoms with Gasteiger partial charge in [-0.1, -0.05) is 19.9 Å². The molecule has 2 rings (SSSR count). The van der Waals surface area contributed by atoms with E-state index in [1.165, 1.54) is 6.42 Å². The van der Waals surface area contributed by atoms with Crippen LogP contribution in [0.1, 0.15) is 20.3 Å². The summed E-state index contributed by atoms with van der Waals surface area (Å²) in [6.07, 6.45) is 1.19. The van der Waals surface area contributed by atoms with Gasteiger partial charge in [-0.25, -0.2) is 0 Å². The van der Waals surface area contributed by atoms with Crippen LogP contribution >= 0.6 is 0 Å². The first-order chi connectivity index (χ1) is 9.04. The number of nitrogen functional groups attached to an aromatic ring is 1. The molecule has 1 aromatic rings. The molecule has 0 bridgehead atoms. The third kappa shape index (κ3) is 3.88. The summed E-state index contributed by atoms with van der Waals surface area (Å²) in [5, 5.41) is 0. The summed E-state index contributed by atoms with van der Waals surface area (Å²) < 4.78 is 5.50. The van der Waals surface area contributed by atoms with Gasteiger partial charge in [-0.15, -0.1) is 0 Å². The van der Waals surface area contributed by atoms with Crippen molar-refractivity contribution in [3.05, 3.63) is 24.3 Å². The molecule has 2 atom stereocenters. The first kappa shape index (κ1) is 13.7. The second-order valence-corrected chi connectivity index (χ2v) is 5.61. The molecule has 0 aliphatic carbocycles. The molecule has 1 heterocycles. The Bertz CT molecular complexity index is 438. The molecule has 1 saturated heterocycles. The van der Waals surface area contributed by atoms with Gasteiger partial charge in [0.2, 0.25) is 0 Å². The Balaban J connectivity index is 1.87. The van der Waals surface area contributed by atoms with Gasteiger partial charge in [0.1, 0.15) is 5.75 Å². The van der Waals surface area contributed by atoms with Gasteiger partial charge in [-0.05, 0) is 30.4 Å². The average Bonchev–Trinajstić information content (AvgIpc) is 2.35. The molecule has 1 aromatic carbocycles. The second kappa shape index (κ2) is 5.95. The van der Waals surface area contributed by atoms with Crippen molar-refractivity contribution in [2.24, 2.45) is 11.8 Å². The Hall–Kier alpha value is -1.71. The second-order valence-electron chi connectivity index (χ2n) is 5.61. The molecule has 0 spiro atoms. The van der Waals surface area contributed by atoms with Crippen LogP contribution in [0, 0.1) is 11.8 Å². The highest BCUT2D eigenvalue weighted by Gasteiger charge is 2.25. The molecular weight excluding hydrogens is 240 g/mol. The van der Waals surface area contributed by atoms with Crippen molar-refractivity contribution in [1.82, 2.24) is 4.90 Å². The fourth-order valence-electron chi connectivity index (χ4n) is 2.71. The molecule has 104 valence electrons. The van der Waals surface area contributed by atoms with Gasteiger partial charge in [0.05, 0.1) is 0 Å². The van der Waals surface area contributed by atoms with Crippen LogP contribution in [0.3, 0.4) is 0 Å². The average molecular weight is 262 g/mol. The lowest BCUT2D eigenvalue weighted by Gasteiger charge is -2.34. The summed E-state index contributed by atoms with van der Waals surface area (Å²) in [6, 6.07) is 7.16. The van der Waals surface area contributed by atoms with Gasteiger partial charge in [0, 0.05) is 24.8 Å². The minimum atomic E-state index is 0.0563. The van der Waals surface area contributed by atoms with Crippen molar-refractivity contribution in [3.63, 3.8) is 0 Å². The van der Waals surface area contributed by atoms with Crippen LogP contribution < -0.4 is 10.5 Å². The minimum absolute atomic E-state index is 0.0563. The van der Waals surface area contributed by atoms with Crippen LogP contribution in [0.4, 0.5) is 5.69 Å². The van der Waals surface area contributed by atoms with Crippen LogP contribution in [-0.4, -0.2) is 30.5 Å². The van der Waals surface area contributed by atoms with Crippen molar-refractivity contribution in [3.8, 4) is 5.75 Å². The molecule has 0 radical (unpaired) electrons. The number of likely N-dealkylation sites (tertiary alicyclic amines) is 1. The number of benzene rings is 1. The zero-order valence-corrected chi connectivity index (χ0v) is 11.6. The maximum absolute atomic E-state index is 12.1. The number of anilines is 1. The zero-order valence-electron chi connectivity index (χ0n) is 11.6. The van der Waals surface area contributed by atoms with E-state index in [2.05, 4.69) is 13.8 Å². The van der Waals surface area contributed by atoms with Crippen molar-refractivity contribution in [2.75, 3.05) is 25.4 Å². The summed E-state index contributed by atoms with van der Waals surface area (Å²) in [7, 11) is 0. The summed E-state index contributed by atoms with van der Waals surface area (Å²) in [5.74, 6) is 1.84.